The first-order valence-electron chi connectivity index (χ1n) is 13.7. The van der Waals surface area contributed by atoms with Gasteiger partial charge in [-0.3, -0.25) is 9.79 Å². The molecule has 3 aliphatic rings. The van der Waals surface area contributed by atoms with Crippen LogP contribution in [0.15, 0.2) is 70.4 Å². The molecule has 1 amide bonds. The van der Waals surface area contributed by atoms with Gasteiger partial charge in [-0.2, -0.15) is 0 Å². The van der Waals surface area contributed by atoms with Crippen molar-refractivity contribution in [3.8, 4) is 0 Å². The zero-order chi connectivity index (χ0) is 27.2. The number of carbonyl (C=O) groups excluding carboxylic acids is 1. The number of anilines is 1. The smallest absolute Gasteiger partial charge is 0.251 e. The largest absolute Gasteiger partial charge is 0.378 e. The molecule has 0 aromatic heterocycles. The molecule has 1 aliphatic heterocycles. The van der Waals surface area contributed by atoms with E-state index in [1.54, 1.807) is 0 Å². The first-order valence-corrected chi connectivity index (χ1v) is 16.7. The number of nitrogens with two attached hydrogens (primary N) is 1. The van der Waals surface area contributed by atoms with Gasteiger partial charge in [0.2, 0.25) is 0 Å². The van der Waals surface area contributed by atoms with Gasteiger partial charge in [0.1, 0.15) is 8.07 Å². The van der Waals surface area contributed by atoms with Crippen molar-refractivity contribution < 1.29 is 4.79 Å². The third-order valence-electron chi connectivity index (χ3n) is 8.53. The Hall–Kier alpha value is -3.22. The van der Waals surface area contributed by atoms with Crippen LogP contribution >= 0.6 is 0 Å². The standard InChI is InChI=1S/C32H40N4OSi/c1-20-17-21(32(37)35-23-10-8-22(33)9-11-23)7-14-26(20)31-27-15-12-24(34-2)18-29(27)38(5,6)30-19-25(36(3)4)13-16-28(30)31/h7,12-19,22-23H,8-11,33H2,1-6H3,(H,35,37)/b34-24+. The second-order valence-electron chi connectivity index (χ2n) is 11.7. The van der Waals surface area contributed by atoms with E-state index in [1.807, 2.05) is 19.2 Å². The lowest BCUT2D eigenvalue weighted by atomic mass is 9.87. The number of aryl methyl sites for hydroxylation is 1. The molecule has 38 heavy (non-hydrogen) atoms. The van der Waals surface area contributed by atoms with Crippen LogP contribution in [-0.2, 0) is 0 Å². The van der Waals surface area contributed by atoms with Crippen LogP contribution in [-0.4, -0.2) is 52.9 Å². The number of rotatable bonds is 4. The number of nitrogens with zero attached hydrogens (tertiary/aromatic N) is 2. The fourth-order valence-corrected chi connectivity index (χ4v) is 9.22. The number of aliphatic imine (C=N–C) groups is 1. The van der Waals surface area contributed by atoms with Gasteiger partial charge in [-0.25, -0.2) is 0 Å². The normalized spacial score (nSPS) is 23.0. The molecule has 1 fully saturated rings. The lowest BCUT2D eigenvalue weighted by molar-refractivity contribution is 0.0926. The number of amides is 1. The van der Waals surface area contributed by atoms with Crippen molar-refractivity contribution in [1.29, 1.82) is 0 Å². The summed E-state index contributed by atoms with van der Waals surface area (Å²) in [5.41, 5.74) is 15.1. The molecule has 6 heteroatoms. The summed E-state index contributed by atoms with van der Waals surface area (Å²) in [6.07, 6.45) is 10.5. The quantitative estimate of drug-likeness (QED) is 0.559. The molecule has 0 atom stereocenters. The number of fused-ring (bicyclic) bond motifs is 2. The van der Waals surface area contributed by atoms with Crippen molar-refractivity contribution >= 4 is 36.1 Å². The third kappa shape index (κ3) is 4.72. The van der Waals surface area contributed by atoms with Gasteiger partial charge >= 0.3 is 0 Å². The van der Waals surface area contributed by atoms with Crippen molar-refractivity contribution in [2.45, 2.75) is 57.8 Å². The first kappa shape index (κ1) is 26.4. The first-order chi connectivity index (χ1) is 18.1. The number of allylic oxidation sites excluding steroid dienone is 5. The number of benzene rings is 2. The molecule has 0 spiro atoms. The summed E-state index contributed by atoms with van der Waals surface area (Å²) in [7, 11) is 4.07. The molecule has 198 valence electrons. The maximum atomic E-state index is 13.1. The number of hydrogen-bond acceptors (Lipinski definition) is 4. The van der Waals surface area contributed by atoms with Crippen molar-refractivity contribution in [3.05, 3.63) is 87.6 Å². The van der Waals surface area contributed by atoms with Gasteiger partial charge in [0, 0.05) is 44.5 Å². The van der Waals surface area contributed by atoms with Crippen LogP contribution in [0.5, 0.6) is 0 Å². The van der Waals surface area contributed by atoms with Crippen LogP contribution in [0, 0.1) is 6.92 Å². The molecule has 5 rings (SSSR count). The van der Waals surface area contributed by atoms with Crippen LogP contribution in [0.25, 0.3) is 5.57 Å². The van der Waals surface area contributed by atoms with Gasteiger partial charge in [-0.1, -0.05) is 31.3 Å². The third-order valence-corrected chi connectivity index (χ3v) is 12.1. The predicted molar refractivity (Wildman–Crippen MR) is 163 cm³/mol. The average molecular weight is 525 g/mol. The molecule has 2 aromatic rings. The number of nitrogens with one attached hydrogen (secondary N) is 1. The fourth-order valence-electron chi connectivity index (χ4n) is 6.15. The van der Waals surface area contributed by atoms with E-state index in [0.29, 0.717) is 0 Å². The molecule has 1 saturated carbocycles. The monoisotopic (exact) mass is 524 g/mol. The Morgan fingerprint density at radius 2 is 1.74 bits per heavy atom. The SMILES string of the molecule is C/N=C1\C=CC2=C(c3ccc(C(=O)NC4CCC(N)CC4)cc3C)c3ccc(N(C)C)cc3[Si](C)(C)C2=C1. The highest BCUT2D eigenvalue weighted by Crippen LogP contribution is 2.42. The summed E-state index contributed by atoms with van der Waals surface area (Å²) >= 11 is 0. The fraction of sp³-hybridized carbons (Fsp3) is 0.375. The van der Waals surface area contributed by atoms with E-state index in [1.165, 1.54) is 38.3 Å². The van der Waals surface area contributed by atoms with Crippen LogP contribution in [0.4, 0.5) is 5.69 Å². The maximum Gasteiger partial charge on any atom is 0.251 e. The summed E-state index contributed by atoms with van der Waals surface area (Å²) in [6, 6.07) is 13.6. The van der Waals surface area contributed by atoms with Gasteiger partial charge < -0.3 is 16.0 Å². The van der Waals surface area contributed by atoms with Crippen LogP contribution in [0.2, 0.25) is 13.1 Å². The molecule has 5 nitrogen and oxygen atoms in total. The summed E-state index contributed by atoms with van der Waals surface area (Å²) in [6.45, 7) is 7.01. The molecular formula is C32H40N4OSi. The van der Waals surface area contributed by atoms with E-state index >= 15 is 0 Å². The molecule has 2 aliphatic carbocycles. The maximum absolute atomic E-state index is 13.1. The highest BCUT2D eigenvalue weighted by Gasteiger charge is 2.40. The second-order valence-corrected chi connectivity index (χ2v) is 16.0. The number of carbonyl (C=O) groups is 1. The summed E-state index contributed by atoms with van der Waals surface area (Å²) in [5, 5.41) is 6.10. The summed E-state index contributed by atoms with van der Waals surface area (Å²) < 4.78 is 0. The Morgan fingerprint density at radius 3 is 2.39 bits per heavy atom. The average Bonchev–Trinajstić information content (AvgIpc) is 2.90. The molecule has 3 N–H and O–H groups in total. The molecule has 2 aromatic carbocycles. The van der Waals surface area contributed by atoms with Gasteiger partial charge in [-0.15, -0.1) is 0 Å². The predicted octanol–water partition coefficient (Wildman–Crippen LogP) is 4.90. The van der Waals surface area contributed by atoms with Crippen molar-refractivity contribution in [3.63, 3.8) is 0 Å². The summed E-state index contributed by atoms with van der Waals surface area (Å²) in [4.78, 5) is 19.8. The molecule has 0 bridgehead atoms. The Balaban J connectivity index is 1.59. The van der Waals surface area contributed by atoms with Crippen molar-refractivity contribution in [2.24, 2.45) is 10.7 Å². The molecule has 0 unspecified atom stereocenters. The molecule has 0 saturated heterocycles. The van der Waals surface area contributed by atoms with Crippen LogP contribution in [0.3, 0.4) is 0 Å². The van der Waals surface area contributed by atoms with E-state index in [0.717, 1.165) is 42.5 Å². The molecular weight excluding hydrogens is 484 g/mol. The van der Waals surface area contributed by atoms with E-state index in [-0.39, 0.29) is 18.0 Å². The lowest BCUT2D eigenvalue weighted by Crippen LogP contribution is -2.49. The summed E-state index contributed by atoms with van der Waals surface area (Å²) in [5.74, 6) is 0.00734. The van der Waals surface area contributed by atoms with E-state index in [9.17, 15) is 4.79 Å². The van der Waals surface area contributed by atoms with Gasteiger partial charge in [0.15, 0.2) is 0 Å². The van der Waals surface area contributed by atoms with Crippen LogP contribution in [0.1, 0.15) is 52.7 Å². The van der Waals surface area contributed by atoms with Crippen molar-refractivity contribution in [1.82, 2.24) is 5.32 Å². The van der Waals surface area contributed by atoms with Gasteiger partial charge in [-0.05, 0) is 107 Å². The molecule has 1 heterocycles. The minimum absolute atomic E-state index is 0.00734. The minimum atomic E-state index is -1.99. The second kappa shape index (κ2) is 10.2. The van der Waals surface area contributed by atoms with Crippen LogP contribution < -0.4 is 21.1 Å². The molecule has 0 radical (unpaired) electrons. The van der Waals surface area contributed by atoms with Crippen molar-refractivity contribution in [2.75, 3.05) is 26.0 Å². The highest BCUT2D eigenvalue weighted by atomic mass is 28.3. The van der Waals surface area contributed by atoms with Gasteiger partial charge in [0.25, 0.3) is 5.91 Å². The topological polar surface area (TPSA) is 70.7 Å². The van der Waals surface area contributed by atoms with E-state index < -0.39 is 8.07 Å². The minimum Gasteiger partial charge on any atom is -0.378 e. The number of hydrogen-bond donors (Lipinski definition) is 2. The Bertz CT molecular complexity index is 1400. The zero-order valence-electron chi connectivity index (χ0n) is 23.6. The van der Waals surface area contributed by atoms with E-state index in [2.05, 4.69) is 91.8 Å². The lowest BCUT2D eigenvalue weighted by Gasteiger charge is -2.38. The highest BCUT2D eigenvalue weighted by molar-refractivity contribution is 6.98. The Labute approximate surface area is 228 Å². The van der Waals surface area contributed by atoms with E-state index in [4.69, 9.17) is 5.73 Å². The Morgan fingerprint density at radius 1 is 1.03 bits per heavy atom. The Kier molecular flexibility index (Phi) is 7.05. The van der Waals surface area contributed by atoms with Gasteiger partial charge in [0.05, 0.1) is 5.71 Å². The zero-order valence-corrected chi connectivity index (χ0v) is 24.6.